The number of hydrogen-bond donors (Lipinski definition) is 3. The van der Waals surface area contributed by atoms with Crippen molar-refractivity contribution in [3.05, 3.63) is 71.0 Å². The van der Waals surface area contributed by atoms with Crippen LogP contribution in [-0.4, -0.2) is 23.9 Å². The van der Waals surface area contributed by atoms with E-state index < -0.39 is 23.9 Å². The summed E-state index contributed by atoms with van der Waals surface area (Å²) in [6, 6.07) is 12.4. The van der Waals surface area contributed by atoms with Crippen molar-refractivity contribution in [2.75, 3.05) is 0 Å². The summed E-state index contributed by atoms with van der Waals surface area (Å²) in [7, 11) is 0. The van der Waals surface area contributed by atoms with Gasteiger partial charge in [0.25, 0.3) is 0 Å². The second-order valence-corrected chi connectivity index (χ2v) is 10.9. The highest BCUT2D eigenvalue weighted by atomic mass is 19.1. The van der Waals surface area contributed by atoms with E-state index in [-0.39, 0.29) is 30.4 Å². The van der Waals surface area contributed by atoms with Crippen LogP contribution in [0.5, 0.6) is 0 Å². The normalized spacial score (nSPS) is 25.8. The zero-order valence-electron chi connectivity index (χ0n) is 22.1. The number of nitrogens with two attached hydrogens (primary N) is 1. The Balaban J connectivity index is 1.37. The van der Waals surface area contributed by atoms with Crippen molar-refractivity contribution < 1.29 is 23.5 Å². The van der Waals surface area contributed by atoms with Gasteiger partial charge >= 0.3 is 6.09 Å². The van der Waals surface area contributed by atoms with Crippen LogP contribution in [0.15, 0.2) is 48.5 Å². The fraction of sp³-hybridized carbons (Fsp3) is 0.500. The molecule has 0 bridgehead atoms. The Morgan fingerprint density at radius 2 is 1.58 bits per heavy atom. The molecule has 5 atom stereocenters. The molecule has 4 N–H and O–H groups in total. The molecule has 4 rings (SSSR count). The highest BCUT2D eigenvalue weighted by Crippen LogP contribution is 2.38. The summed E-state index contributed by atoms with van der Waals surface area (Å²) in [4.78, 5) is 37.7. The number of ether oxygens (including phenoxy) is 1. The van der Waals surface area contributed by atoms with Gasteiger partial charge in [0.05, 0.1) is 0 Å². The Labute approximate surface area is 223 Å². The average Bonchev–Trinajstić information content (AvgIpc) is 3.23. The van der Waals surface area contributed by atoms with Gasteiger partial charge in [-0.2, -0.15) is 0 Å². The highest BCUT2D eigenvalue weighted by Gasteiger charge is 2.34. The van der Waals surface area contributed by atoms with Gasteiger partial charge in [0.2, 0.25) is 11.8 Å². The molecule has 2 unspecified atom stereocenters. The predicted octanol–water partition coefficient (Wildman–Crippen LogP) is 5.10. The van der Waals surface area contributed by atoms with Crippen molar-refractivity contribution in [1.82, 2.24) is 10.6 Å². The summed E-state index contributed by atoms with van der Waals surface area (Å²) < 4.78 is 18.8. The standard InChI is InChI=1S/C30H38FN3O4/c1-18-7-8-19(2)26(18)34-30(37)38-17-20-9-11-21(12-10-20)24-5-3-4-6-25(24)29(36)33-27(28(32)35)22-13-15-23(31)16-14-22/h9-16,18-19,24-27H,3-8,17H2,1-2H3,(H2,32,35)(H,33,36)(H,34,37)/t18?,19?,24-,25+,26?,27-/m0/s1. The molecule has 0 heterocycles. The maximum Gasteiger partial charge on any atom is 0.407 e. The highest BCUT2D eigenvalue weighted by molar-refractivity contribution is 5.89. The van der Waals surface area contributed by atoms with Gasteiger partial charge in [-0.1, -0.05) is 63.1 Å². The number of benzene rings is 2. The van der Waals surface area contributed by atoms with E-state index in [2.05, 4.69) is 24.5 Å². The quantitative estimate of drug-likeness (QED) is 0.447. The van der Waals surface area contributed by atoms with E-state index in [0.29, 0.717) is 23.8 Å². The molecular formula is C30H38FN3O4. The maximum absolute atomic E-state index is 13.3. The molecule has 0 radical (unpaired) electrons. The Morgan fingerprint density at radius 1 is 0.947 bits per heavy atom. The fourth-order valence-electron chi connectivity index (χ4n) is 5.98. The van der Waals surface area contributed by atoms with Crippen molar-refractivity contribution in [2.24, 2.45) is 23.5 Å². The Morgan fingerprint density at radius 3 is 2.21 bits per heavy atom. The molecular weight excluding hydrogens is 485 g/mol. The lowest BCUT2D eigenvalue weighted by Crippen LogP contribution is -2.42. The summed E-state index contributed by atoms with van der Waals surface area (Å²) in [6.45, 7) is 4.49. The molecule has 2 aromatic rings. The minimum absolute atomic E-state index is 0.00546. The van der Waals surface area contributed by atoms with E-state index in [4.69, 9.17) is 10.5 Å². The number of carbonyl (C=O) groups excluding carboxylic acids is 3. The molecule has 0 aromatic heterocycles. The second kappa shape index (κ2) is 12.4. The Bertz CT molecular complexity index is 1110. The third kappa shape index (κ3) is 6.71. The number of nitrogens with one attached hydrogen (secondary N) is 2. The van der Waals surface area contributed by atoms with E-state index in [1.54, 1.807) is 0 Å². The van der Waals surface area contributed by atoms with Crippen LogP contribution in [0.2, 0.25) is 0 Å². The van der Waals surface area contributed by atoms with E-state index in [9.17, 15) is 18.8 Å². The van der Waals surface area contributed by atoms with Crippen molar-refractivity contribution in [3.8, 4) is 0 Å². The zero-order valence-corrected chi connectivity index (χ0v) is 22.1. The molecule has 2 aliphatic rings. The molecule has 0 aliphatic heterocycles. The smallest absolute Gasteiger partial charge is 0.407 e. The van der Waals surface area contributed by atoms with Gasteiger partial charge in [-0.25, -0.2) is 9.18 Å². The third-order valence-corrected chi connectivity index (χ3v) is 8.24. The molecule has 38 heavy (non-hydrogen) atoms. The average molecular weight is 524 g/mol. The van der Waals surface area contributed by atoms with Crippen LogP contribution >= 0.6 is 0 Å². The maximum atomic E-state index is 13.3. The number of alkyl carbamates (subject to hydrolysis) is 1. The lowest BCUT2D eigenvalue weighted by atomic mass is 9.74. The first-order chi connectivity index (χ1) is 18.2. The molecule has 2 saturated carbocycles. The van der Waals surface area contributed by atoms with Crippen molar-refractivity contribution in [1.29, 1.82) is 0 Å². The van der Waals surface area contributed by atoms with E-state index in [0.717, 1.165) is 43.2 Å². The lowest BCUT2D eigenvalue weighted by Gasteiger charge is -2.32. The van der Waals surface area contributed by atoms with E-state index in [1.807, 2.05) is 24.3 Å². The number of halogens is 1. The van der Waals surface area contributed by atoms with Crippen molar-refractivity contribution in [3.63, 3.8) is 0 Å². The van der Waals surface area contributed by atoms with Crippen molar-refractivity contribution in [2.45, 2.75) is 77.0 Å². The summed E-state index contributed by atoms with van der Waals surface area (Å²) >= 11 is 0. The van der Waals surface area contributed by atoms with Crippen LogP contribution in [0, 0.1) is 23.6 Å². The fourth-order valence-corrected chi connectivity index (χ4v) is 5.98. The number of rotatable bonds is 8. The first-order valence-electron chi connectivity index (χ1n) is 13.6. The van der Waals surface area contributed by atoms with Crippen LogP contribution < -0.4 is 16.4 Å². The summed E-state index contributed by atoms with van der Waals surface area (Å²) in [5.74, 6) is -0.769. The van der Waals surface area contributed by atoms with E-state index >= 15 is 0 Å². The summed E-state index contributed by atoms with van der Waals surface area (Å²) in [5, 5.41) is 5.81. The second-order valence-electron chi connectivity index (χ2n) is 10.9. The number of carbonyl (C=O) groups is 3. The number of hydrogen-bond acceptors (Lipinski definition) is 4. The number of amides is 3. The minimum Gasteiger partial charge on any atom is -0.445 e. The molecule has 2 fully saturated rings. The van der Waals surface area contributed by atoms with Crippen LogP contribution in [0.3, 0.4) is 0 Å². The van der Waals surface area contributed by atoms with Gasteiger partial charge in [0.1, 0.15) is 18.5 Å². The topological polar surface area (TPSA) is 111 Å². The third-order valence-electron chi connectivity index (χ3n) is 8.24. The predicted molar refractivity (Wildman–Crippen MR) is 142 cm³/mol. The number of primary amides is 1. The Hall–Kier alpha value is -3.42. The molecule has 204 valence electrons. The Kier molecular flexibility index (Phi) is 9.02. The molecule has 8 heteroatoms. The van der Waals surface area contributed by atoms with Gasteiger partial charge in [-0.15, -0.1) is 0 Å². The minimum atomic E-state index is -1.02. The van der Waals surface area contributed by atoms with Crippen LogP contribution in [0.4, 0.5) is 9.18 Å². The molecule has 3 amide bonds. The van der Waals surface area contributed by atoms with Gasteiger partial charge in [-0.3, -0.25) is 9.59 Å². The van der Waals surface area contributed by atoms with Gasteiger partial charge in [0, 0.05) is 12.0 Å². The van der Waals surface area contributed by atoms with Crippen LogP contribution in [-0.2, 0) is 20.9 Å². The van der Waals surface area contributed by atoms with Crippen LogP contribution in [0.25, 0.3) is 0 Å². The molecule has 2 aromatic carbocycles. The van der Waals surface area contributed by atoms with Crippen LogP contribution in [0.1, 0.15) is 81.0 Å². The first-order valence-corrected chi connectivity index (χ1v) is 13.6. The van der Waals surface area contributed by atoms with Gasteiger partial charge in [-0.05, 0) is 72.3 Å². The van der Waals surface area contributed by atoms with E-state index in [1.165, 1.54) is 24.3 Å². The van der Waals surface area contributed by atoms with Gasteiger partial charge < -0.3 is 21.1 Å². The monoisotopic (exact) mass is 523 g/mol. The van der Waals surface area contributed by atoms with Crippen molar-refractivity contribution >= 4 is 17.9 Å². The largest absolute Gasteiger partial charge is 0.445 e. The molecule has 0 spiro atoms. The summed E-state index contributed by atoms with van der Waals surface area (Å²) in [6.07, 6.45) is 5.32. The molecule has 7 nitrogen and oxygen atoms in total. The molecule has 2 aliphatic carbocycles. The first kappa shape index (κ1) is 27.6. The molecule has 0 saturated heterocycles. The van der Waals surface area contributed by atoms with Gasteiger partial charge in [0.15, 0.2) is 0 Å². The zero-order chi connectivity index (χ0) is 27.2. The lowest BCUT2D eigenvalue weighted by molar-refractivity contribution is -0.131. The summed E-state index contributed by atoms with van der Waals surface area (Å²) in [5.41, 5.74) is 7.92. The SMILES string of the molecule is CC1CCC(C)C1NC(=O)OCc1ccc([C@@H]2CCCC[C@H]2C(=O)N[C@H](C(N)=O)c2ccc(F)cc2)cc1.